The van der Waals surface area contributed by atoms with Crippen LogP contribution in [0.1, 0.15) is 17.1 Å². The molecule has 28 heavy (non-hydrogen) atoms. The number of nitrogens with zero attached hydrogens (tertiary/aromatic N) is 3. The molecule has 7 heteroatoms. The molecule has 0 spiro atoms. The summed E-state index contributed by atoms with van der Waals surface area (Å²) < 4.78 is 26.7. The molecule has 0 aliphatic carbocycles. The van der Waals surface area contributed by atoms with Crippen molar-refractivity contribution in [1.29, 1.82) is 0 Å². The van der Waals surface area contributed by atoms with Gasteiger partial charge in [0.15, 0.2) is 0 Å². The summed E-state index contributed by atoms with van der Waals surface area (Å²) in [5.74, 6) is 0.714. The smallest absolute Gasteiger partial charge is 0.251 e. The molecule has 0 saturated carbocycles. The minimum absolute atomic E-state index is 0.00755. The number of hydrogen-bond acceptors (Lipinski definition) is 5. The quantitative estimate of drug-likeness (QED) is 0.538. The number of fused-ring (bicyclic) bond motifs is 1. The first-order chi connectivity index (χ1) is 13.5. The van der Waals surface area contributed by atoms with E-state index in [2.05, 4.69) is 10.1 Å². The second-order valence-electron chi connectivity index (χ2n) is 6.47. The fourth-order valence-corrected chi connectivity index (χ4v) is 3.47. The van der Waals surface area contributed by atoms with Crippen LogP contribution in [0.5, 0.6) is 5.75 Å². The third-order valence-electron chi connectivity index (χ3n) is 4.76. The summed E-state index contributed by atoms with van der Waals surface area (Å²) in [5.41, 5.74) is 2.65. The Hall–Kier alpha value is -3.48. The molecule has 0 N–H and O–H groups in total. The SMILES string of the molecule is COc1ccc2ccc(=O)n(Cc3ncccc3F)c2c1-c1c(C)noc1C. The second-order valence-corrected chi connectivity index (χ2v) is 6.47. The van der Waals surface area contributed by atoms with Crippen LogP contribution in [0.3, 0.4) is 0 Å². The summed E-state index contributed by atoms with van der Waals surface area (Å²) >= 11 is 0. The number of pyridine rings is 2. The van der Waals surface area contributed by atoms with E-state index in [4.69, 9.17) is 9.26 Å². The number of methoxy groups -OCH3 is 1. The largest absolute Gasteiger partial charge is 0.496 e. The lowest BCUT2D eigenvalue weighted by Crippen LogP contribution is -2.21. The fourth-order valence-electron chi connectivity index (χ4n) is 3.47. The zero-order chi connectivity index (χ0) is 19.8. The third-order valence-corrected chi connectivity index (χ3v) is 4.76. The number of benzene rings is 1. The predicted octanol–water partition coefficient (Wildman–Crippen LogP) is 3.86. The lowest BCUT2D eigenvalue weighted by molar-refractivity contribution is 0.393. The first-order valence-corrected chi connectivity index (χ1v) is 8.74. The third kappa shape index (κ3) is 2.85. The van der Waals surface area contributed by atoms with Gasteiger partial charge in [0.1, 0.15) is 17.3 Å². The van der Waals surface area contributed by atoms with Crippen molar-refractivity contribution in [3.8, 4) is 16.9 Å². The van der Waals surface area contributed by atoms with E-state index >= 15 is 0 Å². The van der Waals surface area contributed by atoms with Crippen molar-refractivity contribution in [2.45, 2.75) is 20.4 Å². The molecule has 3 aromatic heterocycles. The van der Waals surface area contributed by atoms with E-state index in [-0.39, 0.29) is 17.8 Å². The number of aromatic nitrogens is 3. The van der Waals surface area contributed by atoms with Gasteiger partial charge in [0.2, 0.25) is 0 Å². The first kappa shape index (κ1) is 17.9. The Morgan fingerprint density at radius 1 is 1.14 bits per heavy atom. The molecule has 3 heterocycles. The van der Waals surface area contributed by atoms with Crippen LogP contribution in [-0.2, 0) is 6.54 Å². The van der Waals surface area contributed by atoms with Crippen molar-refractivity contribution in [1.82, 2.24) is 14.7 Å². The molecule has 6 nitrogen and oxygen atoms in total. The van der Waals surface area contributed by atoms with Crippen LogP contribution in [0.4, 0.5) is 4.39 Å². The summed E-state index contributed by atoms with van der Waals surface area (Å²) in [7, 11) is 1.56. The number of aryl methyl sites for hydroxylation is 2. The van der Waals surface area contributed by atoms with Crippen LogP contribution in [0.15, 0.2) is 51.9 Å². The van der Waals surface area contributed by atoms with Crippen molar-refractivity contribution in [2.75, 3.05) is 7.11 Å². The van der Waals surface area contributed by atoms with E-state index in [9.17, 15) is 9.18 Å². The minimum Gasteiger partial charge on any atom is -0.496 e. The fraction of sp³-hybridized carbons (Fsp3) is 0.190. The molecule has 0 bridgehead atoms. The van der Waals surface area contributed by atoms with Crippen LogP contribution < -0.4 is 10.3 Å². The zero-order valence-electron chi connectivity index (χ0n) is 15.7. The van der Waals surface area contributed by atoms with Gasteiger partial charge in [-0.25, -0.2) is 4.39 Å². The van der Waals surface area contributed by atoms with Crippen LogP contribution in [0, 0.1) is 19.7 Å². The number of rotatable bonds is 4. The van der Waals surface area contributed by atoms with E-state index in [1.165, 1.54) is 29.0 Å². The molecule has 1 aromatic carbocycles. The van der Waals surface area contributed by atoms with Crippen molar-refractivity contribution >= 4 is 10.9 Å². The van der Waals surface area contributed by atoms with Gasteiger partial charge in [-0.3, -0.25) is 9.78 Å². The standard InChI is InChI=1S/C21H18FN3O3/c1-12-19(13(2)28-24-12)20-17(27-3)8-6-14-7-9-18(26)25(21(14)20)11-16-15(22)5-4-10-23-16/h4-10H,11H2,1-3H3. The molecule has 0 amide bonds. The van der Waals surface area contributed by atoms with Crippen molar-refractivity contribution in [2.24, 2.45) is 0 Å². The highest BCUT2D eigenvalue weighted by atomic mass is 19.1. The molecule has 0 aliphatic rings. The lowest BCUT2D eigenvalue weighted by Gasteiger charge is -2.17. The highest BCUT2D eigenvalue weighted by Crippen LogP contribution is 2.39. The van der Waals surface area contributed by atoms with E-state index in [0.29, 0.717) is 28.3 Å². The van der Waals surface area contributed by atoms with E-state index in [1.54, 1.807) is 20.1 Å². The van der Waals surface area contributed by atoms with Crippen LogP contribution in [0.2, 0.25) is 0 Å². The average Bonchev–Trinajstić information content (AvgIpc) is 3.02. The van der Waals surface area contributed by atoms with Gasteiger partial charge in [-0.1, -0.05) is 5.16 Å². The molecular formula is C21H18FN3O3. The highest BCUT2D eigenvalue weighted by Gasteiger charge is 2.22. The Balaban J connectivity index is 2.10. The average molecular weight is 379 g/mol. The van der Waals surface area contributed by atoms with Gasteiger partial charge >= 0.3 is 0 Å². The molecule has 0 radical (unpaired) electrons. The van der Waals surface area contributed by atoms with Gasteiger partial charge in [0, 0.05) is 12.3 Å². The molecule has 0 fully saturated rings. The van der Waals surface area contributed by atoms with Gasteiger partial charge < -0.3 is 13.8 Å². The number of hydrogen-bond donors (Lipinski definition) is 0. The summed E-state index contributed by atoms with van der Waals surface area (Å²) in [5, 5.41) is 4.85. The van der Waals surface area contributed by atoms with Crippen LogP contribution in [0.25, 0.3) is 22.0 Å². The lowest BCUT2D eigenvalue weighted by atomic mass is 9.99. The van der Waals surface area contributed by atoms with Crippen molar-refractivity contribution in [3.63, 3.8) is 0 Å². The molecule has 142 valence electrons. The zero-order valence-corrected chi connectivity index (χ0v) is 15.7. The maximum Gasteiger partial charge on any atom is 0.251 e. The topological polar surface area (TPSA) is 70.2 Å². The van der Waals surface area contributed by atoms with Gasteiger partial charge in [-0.15, -0.1) is 0 Å². The second kappa shape index (κ2) is 6.92. The summed E-state index contributed by atoms with van der Waals surface area (Å²) in [4.78, 5) is 16.9. The normalized spacial score (nSPS) is 11.1. The minimum atomic E-state index is -0.465. The molecule has 0 saturated heterocycles. The molecule has 4 rings (SSSR count). The predicted molar refractivity (Wildman–Crippen MR) is 103 cm³/mol. The Bertz CT molecular complexity index is 1220. The number of halogens is 1. The Kier molecular flexibility index (Phi) is 4.43. The maximum absolute atomic E-state index is 14.2. The van der Waals surface area contributed by atoms with Gasteiger partial charge in [0.05, 0.1) is 41.7 Å². The molecule has 4 aromatic rings. The summed E-state index contributed by atoms with van der Waals surface area (Å²) in [6, 6.07) is 9.74. The molecule has 0 aliphatic heterocycles. The Morgan fingerprint density at radius 3 is 2.61 bits per heavy atom. The van der Waals surface area contributed by atoms with E-state index in [0.717, 1.165) is 10.9 Å². The Morgan fingerprint density at radius 2 is 1.93 bits per heavy atom. The number of ether oxygens (including phenoxy) is 1. The molecular weight excluding hydrogens is 361 g/mol. The van der Waals surface area contributed by atoms with Crippen LogP contribution >= 0.6 is 0 Å². The van der Waals surface area contributed by atoms with Gasteiger partial charge in [-0.2, -0.15) is 0 Å². The Labute approximate surface area is 160 Å². The maximum atomic E-state index is 14.2. The molecule has 0 atom stereocenters. The highest BCUT2D eigenvalue weighted by molar-refractivity contribution is 5.98. The summed E-state index contributed by atoms with van der Waals surface area (Å²) in [6.45, 7) is 3.62. The van der Waals surface area contributed by atoms with Crippen LogP contribution in [-0.4, -0.2) is 21.8 Å². The van der Waals surface area contributed by atoms with Gasteiger partial charge in [-0.05, 0) is 49.6 Å². The van der Waals surface area contributed by atoms with Crippen molar-refractivity contribution in [3.05, 3.63) is 75.9 Å². The van der Waals surface area contributed by atoms with E-state index < -0.39 is 5.82 Å². The van der Waals surface area contributed by atoms with E-state index in [1.807, 2.05) is 19.1 Å². The first-order valence-electron chi connectivity index (χ1n) is 8.74. The molecule has 0 unspecified atom stereocenters. The summed E-state index contributed by atoms with van der Waals surface area (Å²) in [6.07, 6.45) is 1.50. The van der Waals surface area contributed by atoms with Crippen molar-refractivity contribution < 1.29 is 13.7 Å². The monoisotopic (exact) mass is 379 g/mol. The van der Waals surface area contributed by atoms with Gasteiger partial charge in [0.25, 0.3) is 5.56 Å².